The van der Waals surface area contributed by atoms with Gasteiger partial charge in [-0.15, -0.1) is 0 Å². The van der Waals surface area contributed by atoms with Gasteiger partial charge in [-0.3, -0.25) is 4.98 Å². The van der Waals surface area contributed by atoms with E-state index in [2.05, 4.69) is 35.5 Å². The van der Waals surface area contributed by atoms with Gasteiger partial charge >= 0.3 is 5.97 Å². The molecule has 0 fully saturated rings. The number of esters is 1. The molecule has 0 saturated carbocycles. The molecule has 17 heavy (non-hydrogen) atoms. The lowest BCUT2D eigenvalue weighted by Gasteiger charge is -2.28. The Morgan fingerprint density at radius 1 is 1.35 bits per heavy atom. The fourth-order valence-electron chi connectivity index (χ4n) is 1.38. The van der Waals surface area contributed by atoms with E-state index in [-0.39, 0.29) is 5.69 Å². The highest BCUT2D eigenvalue weighted by Gasteiger charge is 2.17. The summed E-state index contributed by atoms with van der Waals surface area (Å²) < 4.78 is 4.62. The zero-order chi connectivity index (χ0) is 13.0. The second-order valence-electron chi connectivity index (χ2n) is 4.35. The van der Waals surface area contributed by atoms with Gasteiger partial charge in [0, 0.05) is 13.1 Å². The molecule has 1 rings (SSSR count). The second-order valence-corrected chi connectivity index (χ2v) is 4.35. The summed E-state index contributed by atoms with van der Waals surface area (Å²) >= 11 is 0. The maximum Gasteiger partial charge on any atom is 0.358 e. The largest absolute Gasteiger partial charge is 0.464 e. The molecular formula is C12H19N3O2. The summed E-state index contributed by atoms with van der Waals surface area (Å²) in [7, 11) is 3.27. The molecule has 0 aliphatic rings. The van der Waals surface area contributed by atoms with Crippen LogP contribution in [0.15, 0.2) is 12.4 Å². The Kier molecular flexibility index (Phi) is 4.43. The van der Waals surface area contributed by atoms with Crippen LogP contribution in [-0.2, 0) is 4.74 Å². The standard InChI is InChI=1S/C12H19N3O2/c1-8(2)9(3)15(4)11-7-13-6-10(14-11)12(16)17-5/h6-9H,1-5H3. The summed E-state index contributed by atoms with van der Waals surface area (Å²) in [6, 6.07) is 0.317. The van der Waals surface area contributed by atoms with Crippen LogP contribution < -0.4 is 4.90 Å². The normalized spacial score (nSPS) is 12.4. The minimum absolute atomic E-state index is 0.229. The summed E-state index contributed by atoms with van der Waals surface area (Å²) in [6.07, 6.45) is 3.05. The van der Waals surface area contributed by atoms with E-state index in [0.29, 0.717) is 17.8 Å². The van der Waals surface area contributed by atoms with Crippen LogP contribution in [0, 0.1) is 5.92 Å². The average molecular weight is 237 g/mol. The number of ether oxygens (including phenoxy) is 1. The predicted molar refractivity (Wildman–Crippen MR) is 66.1 cm³/mol. The van der Waals surface area contributed by atoms with Crippen molar-refractivity contribution in [2.24, 2.45) is 5.92 Å². The molecule has 1 atom stereocenters. The van der Waals surface area contributed by atoms with Crippen molar-refractivity contribution in [2.75, 3.05) is 19.1 Å². The van der Waals surface area contributed by atoms with Crippen LogP contribution in [0.2, 0.25) is 0 Å². The zero-order valence-electron chi connectivity index (χ0n) is 11.0. The van der Waals surface area contributed by atoms with Gasteiger partial charge in [-0.05, 0) is 12.8 Å². The number of hydrogen-bond donors (Lipinski definition) is 0. The van der Waals surface area contributed by atoms with E-state index in [1.54, 1.807) is 6.20 Å². The Morgan fingerprint density at radius 3 is 2.53 bits per heavy atom. The van der Waals surface area contributed by atoms with Crippen molar-refractivity contribution in [1.82, 2.24) is 9.97 Å². The minimum atomic E-state index is -0.468. The molecule has 1 aromatic rings. The Bertz CT molecular complexity index is 393. The fourth-order valence-corrected chi connectivity index (χ4v) is 1.38. The van der Waals surface area contributed by atoms with Crippen LogP contribution >= 0.6 is 0 Å². The molecule has 0 radical (unpaired) electrons. The highest BCUT2D eigenvalue weighted by molar-refractivity contribution is 5.87. The average Bonchev–Trinajstić information content (AvgIpc) is 2.36. The van der Waals surface area contributed by atoms with Gasteiger partial charge in [-0.1, -0.05) is 13.8 Å². The monoisotopic (exact) mass is 237 g/mol. The number of carbonyl (C=O) groups is 1. The smallest absolute Gasteiger partial charge is 0.358 e. The third-order valence-corrected chi connectivity index (χ3v) is 2.95. The Morgan fingerprint density at radius 2 is 2.00 bits per heavy atom. The predicted octanol–water partition coefficient (Wildman–Crippen LogP) is 1.74. The van der Waals surface area contributed by atoms with Crippen molar-refractivity contribution >= 4 is 11.8 Å². The third-order valence-electron chi connectivity index (χ3n) is 2.95. The summed E-state index contributed by atoms with van der Waals surface area (Å²) in [5, 5.41) is 0. The summed E-state index contributed by atoms with van der Waals surface area (Å²) in [4.78, 5) is 21.6. The molecule has 0 bridgehead atoms. The first-order valence-electron chi connectivity index (χ1n) is 5.60. The van der Waals surface area contributed by atoms with Gasteiger partial charge < -0.3 is 9.64 Å². The third kappa shape index (κ3) is 3.15. The van der Waals surface area contributed by atoms with Gasteiger partial charge in [0.05, 0.1) is 19.5 Å². The van der Waals surface area contributed by atoms with E-state index in [0.717, 1.165) is 0 Å². The molecule has 5 nitrogen and oxygen atoms in total. The van der Waals surface area contributed by atoms with E-state index < -0.39 is 5.97 Å². The number of methoxy groups -OCH3 is 1. The van der Waals surface area contributed by atoms with Gasteiger partial charge in [-0.2, -0.15) is 0 Å². The van der Waals surface area contributed by atoms with Crippen molar-refractivity contribution in [3.63, 3.8) is 0 Å². The summed E-state index contributed by atoms with van der Waals surface area (Å²) in [5.41, 5.74) is 0.229. The Labute approximate surface area is 102 Å². The number of nitrogens with zero attached hydrogens (tertiary/aromatic N) is 3. The van der Waals surface area contributed by atoms with E-state index in [1.807, 2.05) is 11.9 Å². The SMILES string of the molecule is COC(=O)c1cncc(N(C)C(C)C(C)C)n1. The molecule has 94 valence electrons. The number of anilines is 1. The maximum absolute atomic E-state index is 11.3. The maximum atomic E-state index is 11.3. The number of aromatic nitrogens is 2. The molecule has 0 aliphatic carbocycles. The molecule has 1 heterocycles. The van der Waals surface area contributed by atoms with Gasteiger partial charge in [0.2, 0.25) is 0 Å². The van der Waals surface area contributed by atoms with Crippen LogP contribution in [0.4, 0.5) is 5.82 Å². The summed E-state index contributed by atoms with van der Waals surface area (Å²) in [5.74, 6) is 0.697. The highest BCUT2D eigenvalue weighted by Crippen LogP contribution is 2.16. The highest BCUT2D eigenvalue weighted by atomic mass is 16.5. The van der Waals surface area contributed by atoms with Crippen molar-refractivity contribution in [3.05, 3.63) is 18.1 Å². The van der Waals surface area contributed by atoms with E-state index in [1.165, 1.54) is 13.3 Å². The molecule has 0 aliphatic heterocycles. The number of rotatable bonds is 4. The first-order valence-corrected chi connectivity index (χ1v) is 5.60. The fraction of sp³-hybridized carbons (Fsp3) is 0.583. The molecule has 0 saturated heterocycles. The first kappa shape index (κ1) is 13.4. The van der Waals surface area contributed by atoms with Gasteiger partial charge in [0.15, 0.2) is 5.69 Å². The van der Waals surface area contributed by atoms with Gasteiger partial charge in [-0.25, -0.2) is 9.78 Å². The second kappa shape index (κ2) is 5.61. The topological polar surface area (TPSA) is 55.3 Å². The van der Waals surface area contributed by atoms with Crippen LogP contribution in [-0.4, -0.2) is 36.1 Å². The molecule has 0 N–H and O–H groups in total. The number of hydrogen-bond acceptors (Lipinski definition) is 5. The van der Waals surface area contributed by atoms with E-state index >= 15 is 0 Å². The van der Waals surface area contributed by atoms with Crippen molar-refractivity contribution in [1.29, 1.82) is 0 Å². The lowest BCUT2D eigenvalue weighted by Crippen LogP contribution is -2.34. The minimum Gasteiger partial charge on any atom is -0.464 e. The van der Waals surface area contributed by atoms with E-state index in [9.17, 15) is 4.79 Å². The molecule has 0 spiro atoms. The molecule has 1 unspecified atom stereocenters. The van der Waals surface area contributed by atoms with Gasteiger partial charge in [0.1, 0.15) is 5.82 Å². The molecule has 5 heteroatoms. The van der Waals surface area contributed by atoms with Crippen LogP contribution in [0.25, 0.3) is 0 Å². The zero-order valence-corrected chi connectivity index (χ0v) is 11.0. The molecule has 1 aromatic heterocycles. The molecular weight excluding hydrogens is 218 g/mol. The lowest BCUT2D eigenvalue weighted by molar-refractivity contribution is 0.0593. The number of carbonyl (C=O) groups excluding carboxylic acids is 1. The summed E-state index contributed by atoms with van der Waals surface area (Å²) in [6.45, 7) is 6.38. The first-order chi connectivity index (χ1) is 7.97. The Balaban J connectivity index is 2.95. The molecule has 0 amide bonds. The van der Waals surface area contributed by atoms with Crippen LogP contribution in [0.5, 0.6) is 0 Å². The molecule has 0 aromatic carbocycles. The van der Waals surface area contributed by atoms with Gasteiger partial charge in [0.25, 0.3) is 0 Å². The van der Waals surface area contributed by atoms with Crippen molar-refractivity contribution in [2.45, 2.75) is 26.8 Å². The Hall–Kier alpha value is -1.65. The van der Waals surface area contributed by atoms with Crippen LogP contribution in [0.3, 0.4) is 0 Å². The quantitative estimate of drug-likeness (QED) is 0.747. The van der Waals surface area contributed by atoms with E-state index in [4.69, 9.17) is 0 Å². The van der Waals surface area contributed by atoms with Crippen molar-refractivity contribution < 1.29 is 9.53 Å². The van der Waals surface area contributed by atoms with Crippen LogP contribution in [0.1, 0.15) is 31.3 Å². The van der Waals surface area contributed by atoms with Crippen molar-refractivity contribution in [3.8, 4) is 0 Å². The lowest BCUT2D eigenvalue weighted by atomic mass is 10.1.